The fraction of sp³-hybridized carbons (Fsp3) is 0. The van der Waals surface area contributed by atoms with Crippen molar-refractivity contribution in [1.82, 2.24) is 0 Å². The van der Waals surface area contributed by atoms with Gasteiger partial charge in [-0.15, -0.1) is 5.04 Å². The van der Waals surface area contributed by atoms with E-state index in [0.29, 0.717) is 5.75 Å². The van der Waals surface area contributed by atoms with Crippen molar-refractivity contribution in [1.29, 1.82) is 0 Å². The Morgan fingerprint density at radius 1 is 1.00 bits per heavy atom. The lowest BCUT2D eigenvalue weighted by Crippen LogP contribution is -2.28. The van der Waals surface area contributed by atoms with Crippen molar-refractivity contribution in [3.63, 3.8) is 0 Å². The zero-order valence-electron chi connectivity index (χ0n) is 7.69. The van der Waals surface area contributed by atoms with E-state index in [4.69, 9.17) is 5.11 Å². The average molecular weight is 262 g/mol. The van der Waals surface area contributed by atoms with Crippen LogP contribution < -0.4 is 9.59 Å². The Labute approximate surface area is 92.9 Å². The summed E-state index contributed by atoms with van der Waals surface area (Å²) in [6.07, 6.45) is 0. The molecule has 0 bridgehead atoms. The van der Waals surface area contributed by atoms with Crippen molar-refractivity contribution in [2.24, 2.45) is 0 Å². The van der Waals surface area contributed by atoms with E-state index in [9.17, 15) is 18.5 Å². The summed E-state index contributed by atoms with van der Waals surface area (Å²) in [5.41, 5.74) is 0. The smallest absolute Gasteiger partial charge is 0.443 e. The first-order valence-corrected chi connectivity index (χ1v) is 6.14. The summed E-state index contributed by atoms with van der Waals surface area (Å²) in [7, 11) is -7.08. The van der Waals surface area contributed by atoms with Gasteiger partial charge in [-0.05, 0) is 12.1 Å². The van der Waals surface area contributed by atoms with Crippen LogP contribution in [0.15, 0.2) is 30.3 Å². The summed E-state index contributed by atoms with van der Waals surface area (Å²) in [5.74, 6) is 0.322. The fourth-order valence-electron chi connectivity index (χ4n) is 0.501. The number of hydrogen-bond acceptors (Lipinski definition) is 8. The zero-order chi connectivity index (χ0) is 12.4. The van der Waals surface area contributed by atoms with E-state index in [0.717, 1.165) is 0 Å². The van der Waals surface area contributed by atoms with Crippen molar-refractivity contribution in [2.45, 2.75) is 0 Å². The molecule has 1 aromatic rings. The SMILES string of the molecule is O=[Si]([O-])OOO[Si](=O)[O-].Oc1ccccc1. The molecule has 0 aromatic heterocycles. The molecule has 1 rings (SSSR count). The molecule has 0 aliphatic heterocycles. The molecule has 0 amide bonds. The molecule has 0 heterocycles. The van der Waals surface area contributed by atoms with Gasteiger partial charge in [-0.25, -0.2) is 0 Å². The van der Waals surface area contributed by atoms with Gasteiger partial charge in [0, 0.05) is 0 Å². The van der Waals surface area contributed by atoms with Gasteiger partial charge in [0.05, 0.1) is 0 Å². The van der Waals surface area contributed by atoms with E-state index in [1.807, 2.05) is 6.07 Å². The highest BCUT2D eigenvalue weighted by Gasteiger charge is 1.87. The predicted octanol–water partition coefficient (Wildman–Crippen LogP) is -2.19. The summed E-state index contributed by atoms with van der Waals surface area (Å²) in [6, 6.07) is 8.71. The van der Waals surface area contributed by atoms with Gasteiger partial charge in [-0.1, -0.05) is 18.2 Å². The van der Waals surface area contributed by atoms with E-state index in [2.05, 4.69) is 14.2 Å². The van der Waals surface area contributed by atoms with Crippen LogP contribution in [0.2, 0.25) is 0 Å². The third kappa shape index (κ3) is 10.3. The monoisotopic (exact) mass is 262 g/mol. The Kier molecular flexibility index (Phi) is 7.57. The number of benzene rings is 1. The van der Waals surface area contributed by atoms with Crippen LogP contribution in [-0.4, -0.2) is 23.4 Å². The van der Waals surface area contributed by atoms with Gasteiger partial charge in [-0.2, -0.15) is 0 Å². The summed E-state index contributed by atoms with van der Waals surface area (Å²) in [4.78, 5) is 18.9. The third-order valence-corrected chi connectivity index (χ3v) is 1.37. The van der Waals surface area contributed by atoms with Gasteiger partial charge in [-0.3, -0.25) is 0 Å². The molecule has 0 fully saturated rings. The molecule has 0 saturated heterocycles. The first-order chi connectivity index (χ1) is 7.52. The molecular formula is C6H6O8Si2-2. The second-order valence-electron chi connectivity index (χ2n) is 2.07. The van der Waals surface area contributed by atoms with Crippen LogP contribution in [-0.2, 0) is 23.1 Å². The van der Waals surface area contributed by atoms with Gasteiger partial charge in [0.15, 0.2) is 0 Å². The number of rotatable bonds is 4. The minimum absolute atomic E-state index is 0.322. The second kappa shape index (κ2) is 8.52. The largest absolute Gasteiger partial charge is 0.508 e. The molecule has 0 radical (unpaired) electrons. The highest BCUT2D eigenvalue weighted by Crippen LogP contribution is 2.02. The van der Waals surface area contributed by atoms with Crippen LogP contribution in [0.3, 0.4) is 0 Å². The fourth-order valence-corrected chi connectivity index (χ4v) is 0.748. The molecule has 0 atom stereocenters. The molecule has 1 N–H and O–H groups in total. The second-order valence-corrected chi connectivity index (χ2v) is 3.40. The molecule has 0 saturated carbocycles. The molecule has 0 unspecified atom stereocenters. The normalized spacial score (nSPS) is 8.25. The Morgan fingerprint density at radius 2 is 1.44 bits per heavy atom. The minimum Gasteiger partial charge on any atom is -0.508 e. The van der Waals surface area contributed by atoms with Crippen molar-refractivity contribution in [3.8, 4) is 5.75 Å². The summed E-state index contributed by atoms with van der Waals surface area (Å²) >= 11 is 0. The Hall–Kier alpha value is -1.79. The van der Waals surface area contributed by atoms with Gasteiger partial charge < -0.3 is 32.8 Å². The topological polar surface area (TPSA) is 128 Å². The van der Waals surface area contributed by atoms with Crippen LogP contribution in [0, 0.1) is 0 Å². The molecule has 88 valence electrons. The average Bonchev–Trinajstić information content (AvgIpc) is 2.18. The molecule has 16 heavy (non-hydrogen) atoms. The van der Waals surface area contributed by atoms with Gasteiger partial charge in [0.25, 0.3) is 0 Å². The maximum absolute atomic E-state index is 9.43. The third-order valence-electron chi connectivity index (χ3n) is 0.960. The maximum atomic E-state index is 9.43. The molecule has 0 aliphatic rings. The van der Waals surface area contributed by atoms with E-state index in [1.165, 1.54) is 0 Å². The first-order valence-electron chi connectivity index (χ1n) is 3.69. The molecule has 8 nitrogen and oxygen atoms in total. The Bertz CT molecular complexity index is 315. The summed E-state index contributed by atoms with van der Waals surface area (Å²) < 4.78 is 25.4. The van der Waals surface area contributed by atoms with Crippen LogP contribution >= 0.6 is 0 Å². The lowest BCUT2D eigenvalue weighted by Gasteiger charge is -2.08. The molecule has 1 aromatic carbocycles. The quantitative estimate of drug-likeness (QED) is 0.368. The number of hydrogen-bond donors (Lipinski definition) is 1. The predicted molar refractivity (Wildman–Crippen MR) is 44.2 cm³/mol. The van der Waals surface area contributed by atoms with Gasteiger partial charge >= 0.3 is 18.3 Å². The lowest BCUT2D eigenvalue weighted by atomic mass is 10.3. The lowest BCUT2D eigenvalue weighted by molar-refractivity contribution is -0.471. The van der Waals surface area contributed by atoms with Crippen LogP contribution in [0.5, 0.6) is 5.75 Å². The first kappa shape index (κ1) is 14.2. The number of phenolic OH excluding ortho intramolecular Hbond substituents is 1. The van der Waals surface area contributed by atoms with Crippen LogP contribution in [0.1, 0.15) is 0 Å². The maximum Gasteiger partial charge on any atom is 0.443 e. The highest BCUT2D eigenvalue weighted by molar-refractivity contribution is 6.22. The van der Waals surface area contributed by atoms with E-state index < -0.39 is 18.3 Å². The summed E-state index contributed by atoms with van der Waals surface area (Å²) in [6.45, 7) is 0. The number of para-hydroxylation sites is 1. The van der Waals surface area contributed by atoms with Gasteiger partial charge in [0.1, 0.15) is 5.75 Å². The Balaban J connectivity index is 0.000000288. The van der Waals surface area contributed by atoms with Crippen molar-refractivity contribution >= 4 is 18.3 Å². The van der Waals surface area contributed by atoms with Crippen LogP contribution in [0.4, 0.5) is 0 Å². The molecule has 0 aliphatic carbocycles. The van der Waals surface area contributed by atoms with Gasteiger partial charge in [0.2, 0.25) is 0 Å². The zero-order valence-corrected chi connectivity index (χ0v) is 9.69. The summed E-state index contributed by atoms with van der Waals surface area (Å²) in [5, 5.41) is 11.8. The minimum atomic E-state index is -3.54. The molecule has 10 heteroatoms. The standard InChI is InChI=1S/C6H6O.O7Si2/c7-6-4-2-1-3-5-6;1-8(2)6-5-7-9(3)4/h1-5,7H;/q;-2. The van der Waals surface area contributed by atoms with Crippen LogP contribution in [0.25, 0.3) is 0 Å². The highest BCUT2D eigenvalue weighted by atomic mass is 28.3. The van der Waals surface area contributed by atoms with Crippen molar-refractivity contribution < 1.29 is 37.8 Å². The Morgan fingerprint density at radius 3 is 1.69 bits per heavy atom. The molecule has 0 spiro atoms. The number of phenols is 1. The van der Waals surface area contributed by atoms with Crippen molar-refractivity contribution in [2.75, 3.05) is 0 Å². The van der Waals surface area contributed by atoms with Crippen molar-refractivity contribution in [3.05, 3.63) is 30.3 Å². The number of aromatic hydroxyl groups is 1. The van der Waals surface area contributed by atoms with E-state index >= 15 is 0 Å². The van der Waals surface area contributed by atoms with E-state index in [-0.39, 0.29) is 0 Å². The van der Waals surface area contributed by atoms with E-state index in [1.54, 1.807) is 24.3 Å². The molecular weight excluding hydrogens is 256 g/mol.